The van der Waals surface area contributed by atoms with Gasteiger partial charge in [0.2, 0.25) is 5.82 Å². The van der Waals surface area contributed by atoms with Crippen molar-refractivity contribution in [2.45, 2.75) is 6.54 Å². The van der Waals surface area contributed by atoms with Crippen molar-refractivity contribution >= 4 is 22.8 Å². The van der Waals surface area contributed by atoms with Crippen LogP contribution < -0.4 is 4.90 Å². The van der Waals surface area contributed by atoms with E-state index in [1.54, 1.807) is 13.2 Å². The number of para-hydroxylation sites is 2. The summed E-state index contributed by atoms with van der Waals surface area (Å²) in [6.45, 7) is 1.53. The predicted molar refractivity (Wildman–Crippen MR) is 95.3 cm³/mol. The quantitative estimate of drug-likeness (QED) is 0.723. The van der Waals surface area contributed by atoms with E-state index >= 15 is 0 Å². The highest BCUT2D eigenvalue weighted by atomic mass is 16.2. The highest BCUT2D eigenvalue weighted by molar-refractivity contribution is 6.04. The van der Waals surface area contributed by atoms with Crippen molar-refractivity contribution in [3.63, 3.8) is 0 Å². The molecule has 6 nitrogen and oxygen atoms in total. The summed E-state index contributed by atoms with van der Waals surface area (Å²) in [5.74, 6) is 0.878. The van der Waals surface area contributed by atoms with Crippen molar-refractivity contribution in [2.75, 3.05) is 32.6 Å². The Kier molecular flexibility index (Phi) is 4.57. The van der Waals surface area contributed by atoms with Crippen molar-refractivity contribution in [1.29, 1.82) is 0 Å². The molecule has 0 aliphatic heterocycles. The number of aromatic nitrogens is 3. The number of imidazole rings is 1. The molecule has 0 atom stereocenters. The fourth-order valence-corrected chi connectivity index (χ4v) is 2.57. The molecule has 0 fully saturated rings. The minimum atomic E-state index is -0.163. The average molecular weight is 323 g/mol. The van der Waals surface area contributed by atoms with Crippen molar-refractivity contribution in [1.82, 2.24) is 19.4 Å². The monoisotopic (exact) mass is 323 g/mol. The molecule has 0 N–H and O–H groups in total. The van der Waals surface area contributed by atoms with E-state index < -0.39 is 0 Å². The molecule has 0 aliphatic carbocycles. The van der Waals surface area contributed by atoms with E-state index in [0.29, 0.717) is 18.2 Å². The smallest absolute Gasteiger partial charge is 0.295 e. The van der Waals surface area contributed by atoms with Crippen LogP contribution in [0.2, 0.25) is 0 Å². The molecule has 0 bridgehead atoms. The Morgan fingerprint density at radius 3 is 2.54 bits per heavy atom. The summed E-state index contributed by atoms with van der Waals surface area (Å²) in [5, 5.41) is 0. The molecule has 0 spiro atoms. The molecule has 2 aromatic heterocycles. The summed E-state index contributed by atoms with van der Waals surface area (Å²) in [6.07, 6.45) is 1.67. The number of carbonyl (C=O) groups is 1. The Hall–Kier alpha value is -2.73. The number of carbonyl (C=O) groups excluding carboxylic acids is 1. The largest absolute Gasteiger partial charge is 0.319 e. The van der Waals surface area contributed by atoms with E-state index in [0.717, 1.165) is 17.6 Å². The zero-order valence-corrected chi connectivity index (χ0v) is 14.2. The maximum atomic E-state index is 13.0. The first-order valence-electron chi connectivity index (χ1n) is 7.87. The van der Waals surface area contributed by atoms with Crippen LogP contribution in [0.5, 0.6) is 0 Å². The lowest BCUT2D eigenvalue weighted by Gasteiger charge is -2.17. The molecule has 124 valence electrons. The molecule has 2 heterocycles. The maximum Gasteiger partial charge on any atom is 0.295 e. The number of nitrogens with zero attached hydrogens (tertiary/aromatic N) is 5. The summed E-state index contributed by atoms with van der Waals surface area (Å²) in [7, 11) is 5.75. The molecule has 0 saturated heterocycles. The number of fused-ring (bicyclic) bond motifs is 1. The SMILES string of the molecule is CN(C)CCn1c(C(=O)N(C)c2ccccn2)nc2ccccc21. The van der Waals surface area contributed by atoms with Gasteiger partial charge in [-0.3, -0.25) is 9.69 Å². The number of anilines is 1. The van der Waals surface area contributed by atoms with E-state index in [1.807, 2.05) is 61.1 Å². The number of rotatable bonds is 5. The van der Waals surface area contributed by atoms with Crippen molar-refractivity contribution in [3.8, 4) is 0 Å². The predicted octanol–water partition coefficient (Wildman–Crippen LogP) is 2.27. The lowest BCUT2D eigenvalue weighted by molar-refractivity contribution is 0.0978. The molecule has 1 aromatic carbocycles. The van der Waals surface area contributed by atoms with Gasteiger partial charge in [-0.05, 0) is 38.4 Å². The van der Waals surface area contributed by atoms with Crippen molar-refractivity contribution in [2.24, 2.45) is 0 Å². The molecule has 3 rings (SSSR count). The van der Waals surface area contributed by atoms with Crippen LogP contribution in [-0.4, -0.2) is 53.0 Å². The van der Waals surface area contributed by atoms with Gasteiger partial charge in [0.15, 0.2) is 0 Å². The normalized spacial score (nSPS) is 11.2. The maximum absolute atomic E-state index is 13.0. The van der Waals surface area contributed by atoms with Gasteiger partial charge < -0.3 is 9.47 Å². The van der Waals surface area contributed by atoms with Crippen LogP contribution in [0, 0.1) is 0 Å². The minimum Gasteiger partial charge on any atom is -0.319 e. The Morgan fingerprint density at radius 1 is 1.08 bits per heavy atom. The summed E-state index contributed by atoms with van der Waals surface area (Å²) in [4.78, 5) is 25.4. The van der Waals surface area contributed by atoms with Crippen molar-refractivity contribution in [3.05, 3.63) is 54.5 Å². The second-order valence-corrected chi connectivity index (χ2v) is 5.93. The third kappa shape index (κ3) is 3.14. The number of amides is 1. The fourth-order valence-electron chi connectivity index (χ4n) is 2.57. The highest BCUT2D eigenvalue weighted by Crippen LogP contribution is 2.19. The van der Waals surface area contributed by atoms with Gasteiger partial charge in [0.05, 0.1) is 11.0 Å². The van der Waals surface area contributed by atoms with Crippen molar-refractivity contribution < 1.29 is 4.79 Å². The number of hydrogen-bond acceptors (Lipinski definition) is 4. The molecular formula is C18H21N5O. The number of likely N-dealkylation sites (N-methyl/N-ethyl adjacent to an activating group) is 1. The Morgan fingerprint density at radius 2 is 1.83 bits per heavy atom. The Balaban J connectivity index is 2.01. The summed E-state index contributed by atoms with van der Waals surface area (Å²) >= 11 is 0. The van der Waals surface area contributed by atoms with Crippen LogP contribution in [-0.2, 0) is 6.54 Å². The Bertz CT molecular complexity index is 841. The molecule has 0 unspecified atom stereocenters. The summed E-state index contributed by atoms with van der Waals surface area (Å²) in [5.41, 5.74) is 1.80. The average Bonchev–Trinajstić information content (AvgIpc) is 2.98. The van der Waals surface area contributed by atoms with Gasteiger partial charge >= 0.3 is 0 Å². The molecule has 0 aliphatic rings. The van der Waals surface area contributed by atoms with E-state index in [1.165, 1.54) is 4.90 Å². The van der Waals surface area contributed by atoms with Crippen LogP contribution in [0.1, 0.15) is 10.6 Å². The van der Waals surface area contributed by atoms with E-state index in [2.05, 4.69) is 14.9 Å². The van der Waals surface area contributed by atoms with Gasteiger partial charge in [0.1, 0.15) is 5.82 Å². The molecule has 0 radical (unpaired) electrons. The third-order valence-corrected chi connectivity index (χ3v) is 3.91. The zero-order valence-electron chi connectivity index (χ0n) is 14.2. The van der Waals surface area contributed by atoms with Crippen LogP contribution in [0.15, 0.2) is 48.7 Å². The van der Waals surface area contributed by atoms with Gasteiger partial charge in [-0.1, -0.05) is 18.2 Å². The van der Waals surface area contributed by atoms with Crippen LogP contribution in [0.4, 0.5) is 5.82 Å². The topological polar surface area (TPSA) is 54.3 Å². The second kappa shape index (κ2) is 6.80. The molecule has 3 aromatic rings. The summed E-state index contributed by atoms with van der Waals surface area (Å²) in [6, 6.07) is 13.3. The first-order valence-corrected chi connectivity index (χ1v) is 7.87. The molecule has 1 amide bonds. The van der Waals surface area contributed by atoms with Gasteiger partial charge in [-0.25, -0.2) is 9.97 Å². The standard InChI is InChI=1S/C18H21N5O/c1-21(2)12-13-23-15-9-5-4-8-14(15)20-17(23)18(24)22(3)16-10-6-7-11-19-16/h4-11H,12-13H2,1-3H3. The molecule has 6 heteroatoms. The first-order chi connectivity index (χ1) is 11.6. The van der Waals surface area contributed by atoms with E-state index in [4.69, 9.17) is 0 Å². The van der Waals surface area contributed by atoms with Crippen LogP contribution in [0.25, 0.3) is 11.0 Å². The lowest BCUT2D eigenvalue weighted by Crippen LogP contribution is -2.31. The number of hydrogen-bond donors (Lipinski definition) is 0. The third-order valence-electron chi connectivity index (χ3n) is 3.91. The van der Waals surface area contributed by atoms with Gasteiger partial charge in [0.25, 0.3) is 5.91 Å². The number of pyridine rings is 1. The number of benzene rings is 1. The van der Waals surface area contributed by atoms with E-state index in [-0.39, 0.29) is 5.91 Å². The van der Waals surface area contributed by atoms with Gasteiger partial charge in [-0.2, -0.15) is 0 Å². The molecule has 24 heavy (non-hydrogen) atoms. The van der Waals surface area contributed by atoms with E-state index in [9.17, 15) is 4.79 Å². The Labute approximate surface area is 141 Å². The van der Waals surface area contributed by atoms with Crippen LogP contribution in [0.3, 0.4) is 0 Å². The van der Waals surface area contributed by atoms with Crippen LogP contribution >= 0.6 is 0 Å². The zero-order chi connectivity index (χ0) is 17.1. The van der Waals surface area contributed by atoms with Gasteiger partial charge in [0, 0.05) is 26.3 Å². The molecular weight excluding hydrogens is 302 g/mol. The molecule has 0 saturated carbocycles. The summed E-state index contributed by atoms with van der Waals surface area (Å²) < 4.78 is 1.98. The lowest BCUT2D eigenvalue weighted by atomic mass is 10.3. The minimum absolute atomic E-state index is 0.163. The second-order valence-electron chi connectivity index (χ2n) is 5.93. The highest BCUT2D eigenvalue weighted by Gasteiger charge is 2.22. The fraction of sp³-hybridized carbons (Fsp3) is 0.278. The first kappa shape index (κ1) is 16.1. The van der Waals surface area contributed by atoms with Gasteiger partial charge in [-0.15, -0.1) is 0 Å².